The Bertz CT molecular complexity index is 485. The lowest BCUT2D eigenvalue weighted by Crippen LogP contribution is -2.02. The molecule has 0 unspecified atom stereocenters. The maximum atomic E-state index is 9.12. The molecule has 2 nitrogen and oxygen atoms in total. The van der Waals surface area contributed by atoms with Crippen molar-refractivity contribution in [3.63, 3.8) is 0 Å². The average molecular weight is 270 g/mol. The Morgan fingerprint density at radius 3 is 1.10 bits per heavy atom. The first-order chi connectivity index (χ1) is 9.85. The minimum absolute atomic E-state index is 0.193. The monoisotopic (exact) mass is 270 g/mol. The minimum atomic E-state index is 0.193. The van der Waals surface area contributed by atoms with E-state index in [9.17, 15) is 0 Å². The second-order valence-corrected chi connectivity index (χ2v) is 4.98. The summed E-state index contributed by atoms with van der Waals surface area (Å²) in [6, 6.07) is 16.6. The fourth-order valence-electron chi connectivity index (χ4n) is 2.60. The Morgan fingerprint density at radius 2 is 0.800 bits per heavy atom. The van der Waals surface area contributed by atoms with Crippen LogP contribution in [0.25, 0.3) is 0 Å². The van der Waals surface area contributed by atoms with E-state index in [-0.39, 0.29) is 13.2 Å². The van der Waals surface area contributed by atoms with E-state index in [2.05, 4.69) is 36.4 Å². The van der Waals surface area contributed by atoms with Crippen LogP contribution in [0.2, 0.25) is 0 Å². The number of hydrogen-bond acceptors (Lipinski definition) is 2. The molecule has 20 heavy (non-hydrogen) atoms. The lowest BCUT2D eigenvalue weighted by Gasteiger charge is -2.11. The quantitative estimate of drug-likeness (QED) is 0.811. The van der Waals surface area contributed by atoms with Crippen LogP contribution in [0.3, 0.4) is 0 Å². The van der Waals surface area contributed by atoms with Gasteiger partial charge in [0, 0.05) is 13.2 Å². The predicted octanol–water partition coefficient (Wildman–Crippen LogP) is 2.54. The highest BCUT2D eigenvalue weighted by Crippen LogP contribution is 2.16. The van der Waals surface area contributed by atoms with Crippen LogP contribution >= 0.6 is 0 Å². The predicted molar refractivity (Wildman–Crippen MR) is 81.9 cm³/mol. The van der Waals surface area contributed by atoms with E-state index in [1.54, 1.807) is 0 Å². The van der Waals surface area contributed by atoms with E-state index in [4.69, 9.17) is 10.2 Å². The summed E-state index contributed by atoms with van der Waals surface area (Å²) in [6.07, 6.45) is 3.38. The van der Waals surface area contributed by atoms with Gasteiger partial charge in [0.15, 0.2) is 0 Å². The third kappa shape index (κ3) is 3.92. The molecule has 2 heteroatoms. The standard InChI is InChI=1S/C18H22O2/c19-13-11-17-7-3-1-5-15(17)9-10-16-6-2-4-8-18(16)12-14-20/h1-8,19-20H,9-14H2. The largest absolute Gasteiger partial charge is 0.396 e. The van der Waals surface area contributed by atoms with Gasteiger partial charge in [0.25, 0.3) is 0 Å². The van der Waals surface area contributed by atoms with E-state index in [0.29, 0.717) is 12.8 Å². The van der Waals surface area contributed by atoms with Crippen molar-refractivity contribution in [2.24, 2.45) is 0 Å². The molecule has 0 bridgehead atoms. The molecule has 2 aromatic rings. The van der Waals surface area contributed by atoms with Crippen LogP contribution < -0.4 is 0 Å². The Labute approximate surface area is 120 Å². The molecule has 0 aliphatic heterocycles. The molecule has 0 radical (unpaired) electrons. The summed E-state index contributed by atoms with van der Waals surface area (Å²) in [5, 5.41) is 18.2. The topological polar surface area (TPSA) is 40.5 Å². The lowest BCUT2D eigenvalue weighted by molar-refractivity contribution is 0.298. The highest BCUT2D eigenvalue weighted by atomic mass is 16.3. The second-order valence-electron chi connectivity index (χ2n) is 4.98. The summed E-state index contributed by atoms with van der Waals surface area (Å²) in [4.78, 5) is 0. The molecule has 0 fully saturated rings. The van der Waals surface area contributed by atoms with Gasteiger partial charge in [-0.15, -0.1) is 0 Å². The zero-order valence-corrected chi connectivity index (χ0v) is 11.8. The van der Waals surface area contributed by atoms with Crippen molar-refractivity contribution in [2.75, 3.05) is 13.2 Å². The van der Waals surface area contributed by atoms with Gasteiger partial charge in [-0.2, -0.15) is 0 Å². The van der Waals surface area contributed by atoms with Crippen molar-refractivity contribution in [1.82, 2.24) is 0 Å². The van der Waals surface area contributed by atoms with Crippen LogP contribution in [0.4, 0.5) is 0 Å². The molecule has 0 aliphatic carbocycles. The summed E-state index contributed by atoms with van der Waals surface area (Å²) < 4.78 is 0. The normalized spacial score (nSPS) is 10.7. The molecule has 0 saturated carbocycles. The molecule has 2 aromatic carbocycles. The van der Waals surface area contributed by atoms with Crippen LogP contribution in [0.5, 0.6) is 0 Å². The Hall–Kier alpha value is -1.64. The number of hydrogen-bond donors (Lipinski definition) is 2. The number of aliphatic hydroxyl groups excluding tert-OH is 2. The molecule has 0 heterocycles. The zero-order chi connectivity index (χ0) is 14.2. The van der Waals surface area contributed by atoms with Crippen LogP contribution in [-0.2, 0) is 25.7 Å². The van der Waals surface area contributed by atoms with Crippen LogP contribution in [0.15, 0.2) is 48.5 Å². The van der Waals surface area contributed by atoms with Gasteiger partial charge in [-0.05, 0) is 47.9 Å². The second kappa shape index (κ2) is 7.83. The van der Waals surface area contributed by atoms with Crippen molar-refractivity contribution >= 4 is 0 Å². The first-order valence-corrected chi connectivity index (χ1v) is 7.20. The third-order valence-corrected chi connectivity index (χ3v) is 3.66. The van der Waals surface area contributed by atoms with E-state index >= 15 is 0 Å². The van der Waals surface area contributed by atoms with Gasteiger partial charge in [0.2, 0.25) is 0 Å². The highest BCUT2D eigenvalue weighted by Gasteiger charge is 2.05. The van der Waals surface area contributed by atoms with Crippen molar-refractivity contribution in [1.29, 1.82) is 0 Å². The zero-order valence-electron chi connectivity index (χ0n) is 11.8. The molecule has 0 spiro atoms. The molecule has 106 valence electrons. The third-order valence-electron chi connectivity index (χ3n) is 3.66. The van der Waals surface area contributed by atoms with Crippen LogP contribution in [0, 0.1) is 0 Å². The lowest BCUT2D eigenvalue weighted by atomic mass is 9.95. The molecule has 2 rings (SSSR count). The van der Waals surface area contributed by atoms with Gasteiger partial charge >= 0.3 is 0 Å². The van der Waals surface area contributed by atoms with E-state index in [1.165, 1.54) is 22.3 Å². The molecule has 2 N–H and O–H groups in total. The van der Waals surface area contributed by atoms with Crippen molar-refractivity contribution in [3.8, 4) is 0 Å². The van der Waals surface area contributed by atoms with Gasteiger partial charge in [-0.3, -0.25) is 0 Å². The molecule has 0 atom stereocenters. The summed E-state index contributed by atoms with van der Waals surface area (Å²) in [5.74, 6) is 0. The van der Waals surface area contributed by atoms with Crippen molar-refractivity contribution in [3.05, 3.63) is 70.8 Å². The van der Waals surface area contributed by atoms with E-state index < -0.39 is 0 Å². The van der Waals surface area contributed by atoms with Gasteiger partial charge in [0.05, 0.1) is 0 Å². The van der Waals surface area contributed by atoms with Crippen LogP contribution in [-0.4, -0.2) is 23.4 Å². The molecule has 0 amide bonds. The van der Waals surface area contributed by atoms with Gasteiger partial charge in [-0.1, -0.05) is 48.5 Å². The number of aliphatic hydroxyl groups is 2. The average Bonchev–Trinajstić information content (AvgIpc) is 2.48. The fourth-order valence-corrected chi connectivity index (χ4v) is 2.60. The Morgan fingerprint density at radius 1 is 0.500 bits per heavy atom. The maximum absolute atomic E-state index is 9.12. The molecular weight excluding hydrogens is 248 g/mol. The molecule has 0 aliphatic rings. The summed E-state index contributed by atoms with van der Waals surface area (Å²) in [5.41, 5.74) is 5.07. The van der Waals surface area contributed by atoms with E-state index in [0.717, 1.165) is 12.8 Å². The number of aryl methyl sites for hydroxylation is 2. The van der Waals surface area contributed by atoms with E-state index in [1.807, 2.05) is 12.1 Å². The number of benzene rings is 2. The summed E-state index contributed by atoms with van der Waals surface area (Å²) >= 11 is 0. The Balaban J connectivity index is 2.09. The van der Waals surface area contributed by atoms with Gasteiger partial charge < -0.3 is 10.2 Å². The van der Waals surface area contributed by atoms with Crippen molar-refractivity contribution in [2.45, 2.75) is 25.7 Å². The maximum Gasteiger partial charge on any atom is 0.0471 e. The number of rotatable bonds is 7. The SMILES string of the molecule is OCCc1ccccc1CCc1ccccc1CCO. The Kier molecular flexibility index (Phi) is 5.78. The van der Waals surface area contributed by atoms with Gasteiger partial charge in [0.1, 0.15) is 0 Å². The van der Waals surface area contributed by atoms with Crippen LogP contribution in [0.1, 0.15) is 22.3 Å². The molecule has 0 saturated heterocycles. The summed E-state index contributed by atoms with van der Waals surface area (Å²) in [7, 11) is 0. The molecule has 0 aromatic heterocycles. The smallest absolute Gasteiger partial charge is 0.0471 e. The first-order valence-electron chi connectivity index (χ1n) is 7.20. The highest BCUT2D eigenvalue weighted by molar-refractivity contribution is 5.31. The fraction of sp³-hybridized carbons (Fsp3) is 0.333. The minimum Gasteiger partial charge on any atom is -0.396 e. The molecular formula is C18H22O2. The van der Waals surface area contributed by atoms with Crippen molar-refractivity contribution < 1.29 is 10.2 Å². The summed E-state index contributed by atoms with van der Waals surface area (Å²) in [6.45, 7) is 0.385. The van der Waals surface area contributed by atoms with Gasteiger partial charge in [-0.25, -0.2) is 0 Å². The first kappa shape index (κ1) is 14.8.